The molecule has 0 saturated heterocycles. The highest BCUT2D eigenvalue weighted by molar-refractivity contribution is 5.71. The summed E-state index contributed by atoms with van der Waals surface area (Å²) in [6.07, 6.45) is 89.7. The van der Waals surface area contributed by atoms with Crippen molar-refractivity contribution in [3.63, 3.8) is 0 Å². The Morgan fingerprint density at radius 1 is 0.269 bits per heavy atom. The molecule has 0 aliphatic rings. The van der Waals surface area contributed by atoms with Crippen molar-refractivity contribution >= 4 is 17.9 Å². The van der Waals surface area contributed by atoms with Gasteiger partial charge in [0.05, 0.1) is 0 Å². The van der Waals surface area contributed by atoms with E-state index in [0.717, 1.165) is 122 Å². The Balaban J connectivity index is 4.29. The standard InChI is InChI=1S/C72H122O6/c1-4-7-10-13-16-19-22-25-28-30-31-32-33-34-35-36-37-38-39-40-41-42-45-47-50-53-56-59-62-65-71(74)77-68-69(67-76-70(73)64-61-58-55-52-49-46-43-27-24-21-18-15-12-9-6-3)78-72(75)66-63-60-57-54-51-48-44-29-26-23-20-17-14-11-8-5-2/h7,9-10,12,16,18-19,21,25,27-29,31-32,43-44,49,52,69H,4-6,8,11,13-15,17,20,22-24,26,30,33-42,45-48,50-51,53-68H2,1-3H3/b10-7-,12-9-,19-16-,21-18-,28-25-,32-31-,43-27-,44-29-,52-49-. The van der Waals surface area contributed by atoms with Gasteiger partial charge in [0.15, 0.2) is 6.10 Å². The summed E-state index contributed by atoms with van der Waals surface area (Å²) in [4.78, 5) is 38.3. The topological polar surface area (TPSA) is 78.9 Å². The molecule has 0 bridgehead atoms. The molecule has 0 aliphatic carbocycles. The highest BCUT2D eigenvalue weighted by atomic mass is 16.6. The number of hydrogen-bond acceptors (Lipinski definition) is 6. The largest absolute Gasteiger partial charge is 0.462 e. The summed E-state index contributed by atoms with van der Waals surface area (Å²) >= 11 is 0. The van der Waals surface area contributed by atoms with Gasteiger partial charge in [-0.3, -0.25) is 14.4 Å². The molecular formula is C72H122O6. The van der Waals surface area contributed by atoms with Crippen LogP contribution in [0.15, 0.2) is 109 Å². The predicted molar refractivity (Wildman–Crippen MR) is 339 cm³/mol. The average molecular weight is 1080 g/mol. The third kappa shape index (κ3) is 62.9. The first kappa shape index (κ1) is 74.1. The smallest absolute Gasteiger partial charge is 0.306 e. The van der Waals surface area contributed by atoms with E-state index in [1.165, 1.54) is 148 Å². The molecule has 78 heavy (non-hydrogen) atoms. The van der Waals surface area contributed by atoms with Crippen LogP contribution in [0, 0.1) is 0 Å². The lowest BCUT2D eigenvalue weighted by atomic mass is 10.0. The third-order valence-electron chi connectivity index (χ3n) is 14.0. The van der Waals surface area contributed by atoms with Crippen molar-refractivity contribution in [2.75, 3.05) is 13.2 Å². The Bertz CT molecular complexity index is 1570. The van der Waals surface area contributed by atoms with E-state index in [0.29, 0.717) is 19.3 Å². The fraction of sp³-hybridized carbons (Fsp3) is 0.708. The monoisotopic (exact) mass is 1080 g/mol. The number of esters is 3. The minimum atomic E-state index is -0.801. The molecule has 0 rings (SSSR count). The summed E-state index contributed by atoms with van der Waals surface area (Å²) in [7, 11) is 0. The number of unbranched alkanes of at least 4 members (excludes halogenated alkanes) is 30. The Morgan fingerprint density at radius 3 is 0.821 bits per heavy atom. The van der Waals surface area contributed by atoms with Gasteiger partial charge >= 0.3 is 17.9 Å². The maximum absolute atomic E-state index is 12.9. The second-order valence-corrected chi connectivity index (χ2v) is 21.6. The zero-order chi connectivity index (χ0) is 56.4. The molecule has 0 N–H and O–H groups in total. The molecule has 0 radical (unpaired) electrons. The zero-order valence-electron chi connectivity index (χ0n) is 51.2. The minimum Gasteiger partial charge on any atom is -0.462 e. The van der Waals surface area contributed by atoms with E-state index in [2.05, 4.69) is 130 Å². The first-order valence-corrected chi connectivity index (χ1v) is 32.9. The molecule has 0 heterocycles. The number of rotatable bonds is 59. The van der Waals surface area contributed by atoms with Crippen molar-refractivity contribution in [1.29, 1.82) is 0 Å². The van der Waals surface area contributed by atoms with Gasteiger partial charge in [0, 0.05) is 19.3 Å². The number of hydrogen-bond donors (Lipinski definition) is 0. The summed E-state index contributed by atoms with van der Waals surface area (Å²) in [5.74, 6) is -0.936. The van der Waals surface area contributed by atoms with E-state index in [4.69, 9.17) is 14.2 Å². The van der Waals surface area contributed by atoms with Crippen LogP contribution in [0.1, 0.15) is 310 Å². The molecule has 6 heteroatoms. The lowest BCUT2D eigenvalue weighted by molar-refractivity contribution is -0.167. The highest BCUT2D eigenvalue weighted by Crippen LogP contribution is 2.16. The van der Waals surface area contributed by atoms with Gasteiger partial charge in [0.1, 0.15) is 13.2 Å². The second kappa shape index (κ2) is 65.6. The van der Waals surface area contributed by atoms with Gasteiger partial charge in [0.25, 0.3) is 0 Å². The van der Waals surface area contributed by atoms with E-state index in [-0.39, 0.29) is 31.1 Å². The van der Waals surface area contributed by atoms with Gasteiger partial charge < -0.3 is 14.2 Å². The van der Waals surface area contributed by atoms with Crippen LogP contribution in [0.3, 0.4) is 0 Å². The SMILES string of the molecule is CC/C=C\C/C=C\C/C=C\C/C=C\CCCCCCCCCCCCCCCCCCC(=O)OCC(COC(=O)CCCC/C=C\C/C=C\C/C=C\C/C=C\CC)OC(=O)CCCCCCC/C=C\CCCCCCCCC. The molecule has 0 aromatic rings. The van der Waals surface area contributed by atoms with Crippen molar-refractivity contribution in [2.24, 2.45) is 0 Å². The lowest BCUT2D eigenvalue weighted by Crippen LogP contribution is -2.30. The summed E-state index contributed by atoms with van der Waals surface area (Å²) < 4.78 is 16.9. The van der Waals surface area contributed by atoms with E-state index in [9.17, 15) is 14.4 Å². The number of carbonyl (C=O) groups is 3. The summed E-state index contributed by atoms with van der Waals surface area (Å²) in [5, 5.41) is 0. The third-order valence-corrected chi connectivity index (χ3v) is 14.0. The molecule has 0 saturated carbocycles. The van der Waals surface area contributed by atoms with Gasteiger partial charge in [-0.2, -0.15) is 0 Å². The van der Waals surface area contributed by atoms with Gasteiger partial charge in [-0.05, 0) is 122 Å². The number of ether oxygens (including phenoxy) is 3. The van der Waals surface area contributed by atoms with E-state index in [1.807, 2.05) is 0 Å². The maximum atomic E-state index is 12.9. The van der Waals surface area contributed by atoms with Crippen LogP contribution in [0.25, 0.3) is 0 Å². The Kier molecular flexibility index (Phi) is 62.3. The van der Waals surface area contributed by atoms with Crippen molar-refractivity contribution < 1.29 is 28.6 Å². The van der Waals surface area contributed by atoms with Crippen LogP contribution >= 0.6 is 0 Å². The maximum Gasteiger partial charge on any atom is 0.306 e. The van der Waals surface area contributed by atoms with Crippen molar-refractivity contribution in [1.82, 2.24) is 0 Å². The van der Waals surface area contributed by atoms with Crippen LogP contribution in [0.5, 0.6) is 0 Å². The van der Waals surface area contributed by atoms with E-state index < -0.39 is 6.10 Å². The Labute approximate surface area is 482 Å². The summed E-state index contributed by atoms with van der Waals surface area (Å²) in [6, 6.07) is 0. The van der Waals surface area contributed by atoms with Crippen LogP contribution in [0.4, 0.5) is 0 Å². The van der Waals surface area contributed by atoms with E-state index >= 15 is 0 Å². The second-order valence-electron chi connectivity index (χ2n) is 21.6. The minimum absolute atomic E-state index is 0.0933. The number of carbonyl (C=O) groups excluding carboxylic acids is 3. The quantitative estimate of drug-likeness (QED) is 0.0261. The van der Waals surface area contributed by atoms with Crippen LogP contribution < -0.4 is 0 Å². The molecule has 446 valence electrons. The first-order chi connectivity index (χ1) is 38.5. The van der Waals surface area contributed by atoms with E-state index in [1.54, 1.807) is 0 Å². The molecule has 0 spiro atoms. The van der Waals surface area contributed by atoms with Crippen molar-refractivity contribution in [3.8, 4) is 0 Å². The van der Waals surface area contributed by atoms with Crippen molar-refractivity contribution in [2.45, 2.75) is 316 Å². The molecule has 0 aliphatic heterocycles. The predicted octanol–water partition coefficient (Wildman–Crippen LogP) is 22.6. The van der Waals surface area contributed by atoms with Gasteiger partial charge in [-0.25, -0.2) is 0 Å². The molecule has 0 aromatic carbocycles. The van der Waals surface area contributed by atoms with Crippen LogP contribution in [-0.4, -0.2) is 37.2 Å². The summed E-state index contributed by atoms with van der Waals surface area (Å²) in [5.41, 5.74) is 0. The Hall–Kier alpha value is -3.93. The Morgan fingerprint density at radius 2 is 0.500 bits per heavy atom. The molecule has 0 amide bonds. The van der Waals surface area contributed by atoms with Gasteiger partial charge in [-0.15, -0.1) is 0 Å². The van der Waals surface area contributed by atoms with Gasteiger partial charge in [0.2, 0.25) is 0 Å². The van der Waals surface area contributed by atoms with Crippen LogP contribution in [-0.2, 0) is 28.6 Å². The van der Waals surface area contributed by atoms with Crippen molar-refractivity contribution in [3.05, 3.63) is 109 Å². The molecule has 6 nitrogen and oxygen atoms in total. The van der Waals surface area contributed by atoms with Gasteiger partial charge in [-0.1, -0.05) is 278 Å². The zero-order valence-corrected chi connectivity index (χ0v) is 51.2. The molecule has 0 aromatic heterocycles. The normalized spacial score (nSPS) is 12.8. The fourth-order valence-corrected chi connectivity index (χ4v) is 9.13. The first-order valence-electron chi connectivity index (χ1n) is 32.9. The lowest BCUT2D eigenvalue weighted by Gasteiger charge is -2.18. The molecule has 1 atom stereocenters. The average Bonchev–Trinajstić information content (AvgIpc) is 3.44. The fourth-order valence-electron chi connectivity index (χ4n) is 9.13. The number of allylic oxidation sites excluding steroid dienone is 18. The highest BCUT2D eigenvalue weighted by Gasteiger charge is 2.19. The molecule has 0 fully saturated rings. The molecule has 1 unspecified atom stereocenters. The molecular weight excluding hydrogens is 961 g/mol. The summed E-state index contributed by atoms with van der Waals surface area (Å²) in [6.45, 7) is 6.39. The van der Waals surface area contributed by atoms with Crippen LogP contribution in [0.2, 0.25) is 0 Å².